The first kappa shape index (κ1) is 16.0. The van der Waals surface area contributed by atoms with Gasteiger partial charge in [-0.25, -0.2) is 4.68 Å². The molecule has 3 aromatic rings. The number of hydrogen-bond donors (Lipinski definition) is 1. The van der Waals surface area contributed by atoms with E-state index in [0.717, 1.165) is 16.8 Å². The van der Waals surface area contributed by atoms with Crippen LogP contribution >= 0.6 is 11.6 Å². The summed E-state index contributed by atoms with van der Waals surface area (Å²) in [4.78, 5) is 12.1. The van der Waals surface area contributed by atoms with E-state index in [0.29, 0.717) is 10.7 Å². The molecule has 0 atom stereocenters. The molecular formula is C19H16ClN3O. The van der Waals surface area contributed by atoms with Gasteiger partial charge in [0.25, 0.3) is 0 Å². The molecule has 0 unspecified atom stereocenters. The summed E-state index contributed by atoms with van der Waals surface area (Å²) in [5, 5.41) is 7.70. The van der Waals surface area contributed by atoms with Crippen LogP contribution in [0.3, 0.4) is 0 Å². The van der Waals surface area contributed by atoms with Crippen molar-refractivity contribution >= 4 is 29.3 Å². The van der Waals surface area contributed by atoms with Crippen LogP contribution in [0.15, 0.2) is 67.0 Å². The normalized spacial score (nSPS) is 10.9. The highest BCUT2D eigenvalue weighted by molar-refractivity contribution is 6.31. The Bertz CT molecular complexity index is 885. The molecule has 2 aromatic carbocycles. The molecule has 4 nitrogen and oxygen atoms in total. The first-order valence-corrected chi connectivity index (χ1v) is 7.85. The van der Waals surface area contributed by atoms with E-state index in [1.54, 1.807) is 29.1 Å². The van der Waals surface area contributed by atoms with Crippen LogP contribution in [0.5, 0.6) is 0 Å². The number of halogens is 1. The molecule has 0 aliphatic carbocycles. The molecule has 3 rings (SSSR count). The summed E-state index contributed by atoms with van der Waals surface area (Å²) >= 11 is 5.95. The van der Waals surface area contributed by atoms with Crippen molar-refractivity contribution in [3.63, 3.8) is 0 Å². The lowest BCUT2D eigenvalue weighted by molar-refractivity contribution is -0.111. The molecule has 0 saturated carbocycles. The molecule has 5 heteroatoms. The van der Waals surface area contributed by atoms with Crippen LogP contribution in [0.2, 0.25) is 5.02 Å². The first-order valence-electron chi connectivity index (χ1n) is 7.47. The van der Waals surface area contributed by atoms with E-state index < -0.39 is 0 Å². The van der Waals surface area contributed by atoms with Crippen LogP contribution in [-0.2, 0) is 4.79 Å². The van der Waals surface area contributed by atoms with E-state index in [4.69, 9.17) is 11.6 Å². The minimum absolute atomic E-state index is 0.215. The second kappa shape index (κ2) is 7.15. The number of rotatable bonds is 4. The maximum absolute atomic E-state index is 12.1. The van der Waals surface area contributed by atoms with Crippen LogP contribution in [0, 0.1) is 6.92 Å². The predicted octanol–water partition coefficient (Wildman–Crippen LogP) is 4.49. The van der Waals surface area contributed by atoms with Gasteiger partial charge in [-0.3, -0.25) is 4.79 Å². The van der Waals surface area contributed by atoms with Gasteiger partial charge in [-0.1, -0.05) is 35.9 Å². The van der Waals surface area contributed by atoms with Crippen LogP contribution in [0.25, 0.3) is 11.8 Å². The smallest absolute Gasteiger partial charge is 0.248 e. The van der Waals surface area contributed by atoms with Crippen molar-refractivity contribution in [2.24, 2.45) is 0 Å². The van der Waals surface area contributed by atoms with Gasteiger partial charge in [0.2, 0.25) is 5.91 Å². The quantitative estimate of drug-likeness (QED) is 0.713. The third-order valence-electron chi connectivity index (χ3n) is 3.51. The SMILES string of the molecule is Cc1ccc(Cl)cc1NC(=O)/C=C/c1cnn(-c2ccccc2)c1. The van der Waals surface area contributed by atoms with Crippen molar-refractivity contribution in [2.45, 2.75) is 6.92 Å². The summed E-state index contributed by atoms with van der Waals surface area (Å²) in [6, 6.07) is 15.2. The summed E-state index contributed by atoms with van der Waals surface area (Å²) in [5.41, 5.74) is 3.48. The van der Waals surface area contributed by atoms with E-state index in [2.05, 4.69) is 10.4 Å². The Labute approximate surface area is 145 Å². The minimum atomic E-state index is -0.215. The van der Waals surface area contributed by atoms with Crippen LogP contribution < -0.4 is 5.32 Å². The number of nitrogens with zero attached hydrogens (tertiary/aromatic N) is 2. The highest BCUT2D eigenvalue weighted by Crippen LogP contribution is 2.20. The first-order chi connectivity index (χ1) is 11.6. The van der Waals surface area contributed by atoms with E-state index in [1.165, 1.54) is 6.08 Å². The van der Waals surface area contributed by atoms with Gasteiger partial charge < -0.3 is 5.32 Å². The van der Waals surface area contributed by atoms with Gasteiger partial charge in [-0.05, 0) is 42.8 Å². The van der Waals surface area contributed by atoms with Crippen molar-refractivity contribution in [2.75, 3.05) is 5.32 Å². The third-order valence-corrected chi connectivity index (χ3v) is 3.74. The maximum Gasteiger partial charge on any atom is 0.248 e. The zero-order valence-electron chi connectivity index (χ0n) is 13.1. The van der Waals surface area contributed by atoms with E-state index in [-0.39, 0.29) is 5.91 Å². The topological polar surface area (TPSA) is 46.9 Å². The summed E-state index contributed by atoms with van der Waals surface area (Å²) in [5.74, 6) is -0.215. The van der Waals surface area contributed by atoms with Crippen molar-refractivity contribution in [1.29, 1.82) is 0 Å². The minimum Gasteiger partial charge on any atom is -0.322 e. The van der Waals surface area contributed by atoms with Crippen LogP contribution in [0.1, 0.15) is 11.1 Å². The second-order valence-corrected chi connectivity index (χ2v) is 5.77. The summed E-state index contributed by atoms with van der Waals surface area (Å²) in [6.45, 7) is 1.92. The third kappa shape index (κ3) is 3.91. The zero-order chi connectivity index (χ0) is 16.9. The largest absolute Gasteiger partial charge is 0.322 e. The second-order valence-electron chi connectivity index (χ2n) is 5.34. The number of anilines is 1. The molecule has 0 fully saturated rings. The molecule has 0 aliphatic rings. The lowest BCUT2D eigenvalue weighted by Gasteiger charge is -2.06. The lowest BCUT2D eigenvalue weighted by atomic mass is 10.2. The number of aromatic nitrogens is 2. The molecule has 1 amide bonds. The summed E-state index contributed by atoms with van der Waals surface area (Å²) < 4.78 is 1.76. The number of carbonyl (C=O) groups is 1. The van der Waals surface area contributed by atoms with Gasteiger partial charge >= 0.3 is 0 Å². The number of hydrogen-bond acceptors (Lipinski definition) is 2. The number of aryl methyl sites for hydroxylation is 1. The van der Waals surface area contributed by atoms with Crippen LogP contribution in [0.4, 0.5) is 5.69 Å². The fourth-order valence-corrected chi connectivity index (χ4v) is 2.39. The maximum atomic E-state index is 12.1. The zero-order valence-corrected chi connectivity index (χ0v) is 13.9. The fourth-order valence-electron chi connectivity index (χ4n) is 2.22. The average Bonchev–Trinajstić information content (AvgIpc) is 3.06. The molecule has 0 radical (unpaired) electrons. The van der Waals surface area contributed by atoms with E-state index in [9.17, 15) is 4.79 Å². The predicted molar refractivity (Wildman–Crippen MR) is 97.4 cm³/mol. The molecular weight excluding hydrogens is 322 g/mol. The van der Waals surface area contributed by atoms with Crippen molar-refractivity contribution < 1.29 is 4.79 Å². The molecule has 1 aromatic heterocycles. The monoisotopic (exact) mass is 337 g/mol. The molecule has 1 heterocycles. The molecule has 0 saturated heterocycles. The van der Waals surface area contributed by atoms with Gasteiger partial charge in [-0.15, -0.1) is 0 Å². The summed E-state index contributed by atoms with van der Waals surface area (Å²) in [7, 11) is 0. The molecule has 120 valence electrons. The van der Waals surface area contributed by atoms with Crippen molar-refractivity contribution in [1.82, 2.24) is 9.78 Å². The van der Waals surface area contributed by atoms with Gasteiger partial charge in [0.1, 0.15) is 0 Å². The lowest BCUT2D eigenvalue weighted by Crippen LogP contribution is -2.08. The Balaban J connectivity index is 1.69. The Hall–Kier alpha value is -2.85. The number of nitrogens with one attached hydrogen (secondary N) is 1. The number of amides is 1. The van der Waals surface area contributed by atoms with Gasteiger partial charge in [0.15, 0.2) is 0 Å². The molecule has 0 aliphatic heterocycles. The molecule has 0 spiro atoms. The highest BCUT2D eigenvalue weighted by atomic mass is 35.5. The van der Waals surface area contributed by atoms with Gasteiger partial charge in [-0.2, -0.15) is 5.10 Å². The molecule has 0 bridgehead atoms. The van der Waals surface area contributed by atoms with Crippen LogP contribution in [-0.4, -0.2) is 15.7 Å². The number of carbonyl (C=O) groups excluding carboxylic acids is 1. The Morgan fingerprint density at radius 2 is 2.00 bits per heavy atom. The van der Waals surface area contributed by atoms with E-state index >= 15 is 0 Å². The van der Waals surface area contributed by atoms with E-state index in [1.807, 2.05) is 49.5 Å². The van der Waals surface area contributed by atoms with Gasteiger partial charge in [0.05, 0.1) is 11.9 Å². The number of para-hydroxylation sites is 1. The standard InChI is InChI=1S/C19H16ClN3O/c1-14-7-9-16(20)11-18(14)22-19(24)10-8-15-12-21-23(13-15)17-5-3-2-4-6-17/h2-13H,1H3,(H,22,24)/b10-8+. The molecule has 24 heavy (non-hydrogen) atoms. The number of benzene rings is 2. The average molecular weight is 338 g/mol. The Morgan fingerprint density at radius 3 is 2.79 bits per heavy atom. The Morgan fingerprint density at radius 1 is 1.21 bits per heavy atom. The fraction of sp³-hybridized carbons (Fsp3) is 0.0526. The molecule has 1 N–H and O–H groups in total. The van der Waals surface area contributed by atoms with Gasteiger partial charge in [0, 0.05) is 28.5 Å². The summed E-state index contributed by atoms with van der Waals surface area (Å²) in [6.07, 6.45) is 6.78. The highest BCUT2D eigenvalue weighted by Gasteiger charge is 2.03. The van der Waals surface area contributed by atoms with Crippen molar-refractivity contribution in [3.8, 4) is 5.69 Å². The van der Waals surface area contributed by atoms with Crippen molar-refractivity contribution in [3.05, 3.63) is 83.2 Å². The Kier molecular flexibility index (Phi) is 4.77.